The molecule has 0 rings (SSSR count). The summed E-state index contributed by atoms with van der Waals surface area (Å²) in [6, 6.07) is 0. The van der Waals surface area contributed by atoms with Crippen molar-refractivity contribution in [1.29, 1.82) is 0 Å². The Kier molecular flexibility index (Phi) is 12.5. The molecule has 0 spiro atoms. The SMILES string of the molecule is O=S([O-])O[SiH3].[H-].[K+]. The normalized spacial score (nSPS) is 12.8. The second kappa shape index (κ2) is 6.92. The van der Waals surface area contributed by atoms with E-state index in [1.165, 1.54) is 0 Å². The molecular weight excluding hydrogens is 147 g/mol. The van der Waals surface area contributed by atoms with Crippen LogP contribution in [0.4, 0.5) is 0 Å². The molecule has 34 valence electrons. The average Bonchev–Trinajstić information content (AvgIpc) is 1.38. The standard InChI is InChI=1S/K.H4O3SSi.H/c;1-4(2)3-5;/h;5H3,(H,1,2);/q+1;;-1/p-1. The van der Waals surface area contributed by atoms with E-state index in [4.69, 9.17) is 0 Å². The third kappa shape index (κ3) is 9.33. The Morgan fingerprint density at radius 1 is 2.00 bits per heavy atom. The van der Waals surface area contributed by atoms with Crippen LogP contribution >= 0.6 is 0 Å². The first-order chi connectivity index (χ1) is 2.27. The van der Waals surface area contributed by atoms with Gasteiger partial charge in [-0.1, -0.05) is 0 Å². The second-order valence-corrected chi connectivity index (χ2v) is 2.11. The van der Waals surface area contributed by atoms with Crippen molar-refractivity contribution >= 4 is 21.8 Å². The van der Waals surface area contributed by atoms with Crippen molar-refractivity contribution in [2.45, 2.75) is 0 Å². The van der Waals surface area contributed by atoms with Gasteiger partial charge in [0.05, 0.1) is 11.4 Å². The van der Waals surface area contributed by atoms with Gasteiger partial charge in [-0.05, 0) is 0 Å². The summed E-state index contributed by atoms with van der Waals surface area (Å²) in [7, 11) is 0.261. The van der Waals surface area contributed by atoms with Gasteiger partial charge in [-0.25, -0.2) is 4.21 Å². The monoisotopic (exact) mass is 151 g/mol. The van der Waals surface area contributed by atoms with E-state index in [0.717, 1.165) is 0 Å². The maximum atomic E-state index is 9.18. The molecular formula is H4KO3SSi-. The summed E-state index contributed by atoms with van der Waals surface area (Å²) < 4.78 is 22.2. The second-order valence-electron chi connectivity index (χ2n) is 0.371. The van der Waals surface area contributed by atoms with Crippen molar-refractivity contribution in [3.8, 4) is 0 Å². The zero-order valence-electron chi connectivity index (χ0n) is 4.63. The molecule has 6 heteroatoms. The molecule has 0 radical (unpaired) electrons. The van der Waals surface area contributed by atoms with Crippen molar-refractivity contribution in [3.63, 3.8) is 0 Å². The van der Waals surface area contributed by atoms with E-state index in [-0.39, 0.29) is 63.3 Å². The molecule has 0 amide bonds. The van der Waals surface area contributed by atoms with Crippen LogP contribution in [-0.4, -0.2) is 19.2 Å². The molecule has 3 nitrogen and oxygen atoms in total. The topological polar surface area (TPSA) is 49.4 Å². The molecule has 0 aromatic carbocycles. The molecule has 6 heavy (non-hydrogen) atoms. The minimum Gasteiger partial charge on any atom is -1.00 e. The molecule has 0 saturated heterocycles. The first-order valence-corrected chi connectivity index (χ1v) is 2.72. The van der Waals surface area contributed by atoms with Crippen molar-refractivity contribution < 1.29 is 65.4 Å². The van der Waals surface area contributed by atoms with E-state index in [9.17, 15) is 8.76 Å². The number of hydrogen-bond donors (Lipinski definition) is 0. The van der Waals surface area contributed by atoms with Crippen LogP contribution in [0.2, 0.25) is 0 Å². The van der Waals surface area contributed by atoms with E-state index in [1.807, 2.05) is 0 Å². The molecule has 0 aliphatic carbocycles. The molecule has 0 heterocycles. The third-order valence-corrected chi connectivity index (χ3v) is 1.22. The molecule has 0 aromatic rings. The summed E-state index contributed by atoms with van der Waals surface area (Å²) >= 11 is -2.26. The minimum absolute atomic E-state index is 0. The molecule has 0 fully saturated rings. The Labute approximate surface area is 85.8 Å². The Morgan fingerprint density at radius 2 is 2.17 bits per heavy atom. The first kappa shape index (κ1) is 10.8. The van der Waals surface area contributed by atoms with Gasteiger partial charge in [0, 0.05) is 0 Å². The average molecular weight is 151 g/mol. The minimum atomic E-state index is -2.26. The van der Waals surface area contributed by atoms with Crippen LogP contribution in [0.25, 0.3) is 0 Å². The van der Waals surface area contributed by atoms with Crippen LogP contribution in [0.3, 0.4) is 0 Å². The maximum absolute atomic E-state index is 9.18. The summed E-state index contributed by atoms with van der Waals surface area (Å²) in [6.07, 6.45) is 0. The molecule has 0 bridgehead atoms. The van der Waals surface area contributed by atoms with Crippen LogP contribution in [0.5, 0.6) is 0 Å². The molecule has 0 aliphatic heterocycles. The first-order valence-electron chi connectivity index (χ1n) is 0.908. The summed E-state index contributed by atoms with van der Waals surface area (Å²) in [4.78, 5) is 0. The fraction of sp³-hybridized carbons (Fsp3) is 0. The molecule has 0 aromatic heterocycles. The smallest absolute Gasteiger partial charge is 1.00 e. The zero-order valence-corrected chi connectivity index (χ0v) is 9.57. The van der Waals surface area contributed by atoms with Gasteiger partial charge in [0.1, 0.15) is 0 Å². The Balaban J connectivity index is -0.0000000800. The van der Waals surface area contributed by atoms with Gasteiger partial charge in [0.15, 0.2) is 10.5 Å². The van der Waals surface area contributed by atoms with Crippen LogP contribution in [-0.2, 0) is 15.2 Å². The van der Waals surface area contributed by atoms with Crippen molar-refractivity contribution in [2.75, 3.05) is 0 Å². The van der Waals surface area contributed by atoms with Gasteiger partial charge in [0.25, 0.3) is 0 Å². The van der Waals surface area contributed by atoms with E-state index in [0.29, 0.717) is 0 Å². The number of hydrogen-bond acceptors (Lipinski definition) is 3. The van der Waals surface area contributed by atoms with Crippen molar-refractivity contribution in [2.24, 2.45) is 0 Å². The molecule has 1 unspecified atom stereocenters. The molecule has 0 N–H and O–H groups in total. The maximum Gasteiger partial charge on any atom is 1.00 e. The van der Waals surface area contributed by atoms with Gasteiger partial charge < -0.3 is 9.85 Å². The van der Waals surface area contributed by atoms with E-state index in [1.54, 1.807) is 0 Å². The van der Waals surface area contributed by atoms with Crippen LogP contribution in [0, 0.1) is 0 Å². The van der Waals surface area contributed by atoms with Gasteiger partial charge in [-0.2, -0.15) is 0 Å². The van der Waals surface area contributed by atoms with Crippen LogP contribution < -0.4 is 51.4 Å². The molecule has 0 saturated carbocycles. The van der Waals surface area contributed by atoms with Gasteiger partial charge in [0.2, 0.25) is 0 Å². The summed E-state index contributed by atoms with van der Waals surface area (Å²) in [5, 5.41) is 0. The summed E-state index contributed by atoms with van der Waals surface area (Å²) in [5.41, 5.74) is 0. The van der Waals surface area contributed by atoms with Gasteiger partial charge in [-0.15, -0.1) is 0 Å². The Bertz CT molecular complexity index is 50.2. The summed E-state index contributed by atoms with van der Waals surface area (Å²) in [6.45, 7) is 0. The predicted molar refractivity (Wildman–Crippen MR) is 21.1 cm³/mol. The van der Waals surface area contributed by atoms with Crippen LogP contribution in [0.1, 0.15) is 1.43 Å². The predicted octanol–water partition coefficient (Wildman–Crippen LogP) is -4.81. The Hall–Kier alpha value is 1.92. The molecule has 1 atom stereocenters. The van der Waals surface area contributed by atoms with E-state index >= 15 is 0 Å². The van der Waals surface area contributed by atoms with Crippen molar-refractivity contribution in [3.05, 3.63) is 0 Å². The van der Waals surface area contributed by atoms with Gasteiger partial charge >= 0.3 is 51.4 Å². The van der Waals surface area contributed by atoms with Gasteiger partial charge in [-0.3, -0.25) is 0 Å². The number of rotatable bonds is 1. The van der Waals surface area contributed by atoms with Crippen LogP contribution in [0.15, 0.2) is 0 Å². The van der Waals surface area contributed by atoms with Crippen molar-refractivity contribution in [1.82, 2.24) is 0 Å². The van der Waals surface area contributed by atoms with E-state index in [2.05, 4.69) is 3.87 Å². The Morgan fingerprint density at radius 3 is 2.17 bits per heavy atom. The third-order valence-electron chi connectivity index (χ3n) is 0.136. The quantitative estimate of drug-likeness (QED) is 0.279. The molecule has 0 aliphatic rings. The fourth-order valence-corrected chi connectivity index (χ4v) is 0. The zero-order chi connectivity index (χ0) is 4.28. The fourth-order valence-electron chi connectivity index (χ4n) is 0. The van der Waals surface area contributed by atoms with E-state index < -0.39 is 11.4 Å². The largest absolute Gasteiger partial charge is 1.00 e. The summed E-state index contributed by atoms with van der Waals surface area (Å²) in [5.74, 6) is 0.